The van der Waals surface area contributed by atoms with Gasteiger partial charge in [0.2, 0.25) is 10.0 Å². The number of nitrogens with one attached hydrogen (secondary N) is 2. The second-order valence-electron chi connectivity index (χ2n) is 5.49. The largest absolute Gasteiger partial charge is 0.348 e. The third-order valence-electron chi connectivity index (χ3n) is 3.60. The number of sulfonamides is 1. The number of pyridine rings is 1. The number of carbonyl (C=O) groups is 1. The number of rotatable bonds is 7. The SMILES string of the molecule is CCC(C)NS(=O)(=O)c1ccc(C(=O)NCc2ccncc2)cc1. The monoisotopic (exact) mass is 347 g/mol. The van der Waals surface area contributed by atoms with Crippen molar-refractivity contribution in [3.8, 4) is 0 Å². The summed E-state index contributed by atoms with van der Waals surface area (Å²) in [6.07, 6.45) is 4.02. The molecule has 24 heavy (non-hydrogen) atoms. The molecule has 6 nitrogen and oxygen atoms in total. The third-order valence-corrected chi connectivity index (χ3v) is 5.20. The van der Waals surface area contributed by atoms with Gasteiger partial charge in [-0.1, -0.05) is 6.92 Å². The van der Waals surface area contributed by atoms with E-state index in [0.29, 0.717) is 18.5 Å². The van der Waals surface area contributed by atoms with E-state index in [1.165, 1.54) is 24.3 Å². The first-order valence-corrected chi connectivity index (χ1v) is 9.20. The van der Waals surface area contributed by atoms with Gasteiger partial charge >= 0.3 is 0 Å². The van der Waals surface area contributed by atoms with Crippen molar-refractivity contribution in [2.75, 3.05) is 0 Å². The van der Waals surface area contributed by atoms with Crippen LogP contribution in [0.4, 0.5) is 0 Å². The van der Waals surface area contributed by atoms with Crippen molar-refractivity contribution in [1.82, 2.24) is 15.0 Å². The highest BCUT2D eigenvalue weighted by atomic mass is 32.2. The van der Waals surface area contributed by atoms with Crippen LogP contribution in [0.2, 0.25) is 0 Å². The predicted octanol–water partition coefficient (Wildman–Crippen LogP) is 2.09. The lowest BCUT2D eigenvalue weighted by Crippen LogP contribution is -2.32. The van der Waals surface area contributed by atoms with Gasteiger partial charge < -0.3 is 5.32 Å². The van der Waals surface area contributed by atoms with E-state index < -0.39 is 10.0 Å². The van der Waals surface area contributed by atoms with Crippen molar-refractivity contribution < 1.29 is 13.2 Å². The Morgan fingerprint density at radius 2 is 1.75 bits per heavy atom. The van der Waals surface area contributed by atoms with E-state index in [9.17, 15) is 13.2 Å². The maximum Gasteiger partial charge on any atom is 0.251 e. The van der Waals surface area contributed by atoms with E-state index in [2.05, 4.69) is 15.0 Å². The maximum atomic E-state index is 12.2. The second kappa shape index (κ2) is 8.03. The molecule has 1 aromatic carbocycles. The summed E-state index contributed by atoms with van der Waals surface area (Å²) >= 11 is 0. The van der Waals surface area contributed by atoms with E-state index in [4.69, 9.17) is 0 Å². The van der Waals surface area contributed by atoms with Gasteiger partial charge in [0.05, 0.1) is 4.90 Å². The normalized spacial score (nSPS) is 12.6. The maximum absolute atomic E-state index is 12.2. The number of carbonyl (C=O) groups excluding carboxylic acids is 1. The van der Waals surface area contributed by atoms with Crippen LogP contribution < -0.4 is 10.0 Å². The van der Waals surface area contributed by atoms with Crippen LogP contribution in [0, 0.1) is 0 Å². The van der Waals surface area contributed by atoms with Crippen LogP contribution in [0.15, 0.2) is 53.7 Å². The van der Waals surface area contributed by atoms with Gasteiger partial charge in [0, 0.05) is 30.5 Å². The van der Waals surface area contributed by atoms with Gasteiger partial charge in [-0.25, -0.2) is 13.1 Å². The molecule has 0 bridgehead atoms. The van der Waals surface area contributed by atoms with Crippen LogP contribution in [0.5, 0.6) is 0 Å². The summed E-state index contributed by atoms with van der Waals surface area (Å²) in [6.45, 7) is 4.10. The molecule has 7 heteroatoms. The Morgan fingerprint density at radius 3 is 2.33 bits per heavy atom. The summed E-state index contributed by atoms with van der Waals surface area (Å²) in [4.78, 5) is 16.2. The first kappa shape index (κ1) is 18.1. The zero-order valence-electron chi connectivity index (χ0n) is 13.7. The molecule has 2 N–H and O–H groups in total. The van der Waals surface area contributed by atoms with Crippen molar-refractivity contribution in [1.29, 1.82) is 0 Å². The second-order valence-corrected chi connectivity index (χ2v) is 7.21. The van der Waals surface area contributed by atoms with Crippen LogP contribution in [0.3, 0.4) is 0 Å². The molecule has 0 saturated heterocycles. The molecule has 1 heterocycles. The molecule has 0 spiro atoms. The molecule has 0 fully saturated rings. The minimum atomic E-state index is -3.56. The zero-order chi connectivity index (χ0) is 17.6. The topological polar surface area (TPSA) is 88.2 Å². The smallest absolute Gasteiger partial charge is 0.251 e. The minimum Gasteiger partial charge on any atom is -0.348 e. The Bertz CT molecular complexity index is 774. The molecule has 1 atom stereocenters. The average Bonchev–Trinajstić information content (AvgIpc) is 2.60. The molecular weight excluding hydrogens is 326 g/mol. The van der Waals surface area contributed by atoms with Crippen molar-refractivity contribution in [3.05, 3.63) is 59.9 Å². The van der Waals surface area contributed by atoms with E-state index in [1.807, 2.05) is 19.1 Å². The highest BCUT2D eigenvalue weighted by molar-refractivity contribution is 7.89. The molecule has 128 valence electrons. The predicted molar refractivity (Wildman–Crippen MR) is 91.9 cm³/mol. The highest BCUT2D eigenvalue weighted by Gasteiger charge is 2.17. The summed E-state index contributed by atoms with van der Waals surface area (Å²) in [5, 5.41) is 2.78. The quantitative estimate of drug-likeness (QED) is 0.803. The summed E-state index contributed by atoms with van der Waals surface area (Å²) in [5.74, 6) is -0.259. The Labute approximate surface area is 142 Å². The molecular formula is C17H21N3O3S. The number of nitrogens with zero attached hydrogens (tertiary/aromatic N) is 1. The van der Waals surface area contributed by atoms with Crippen LogP contribution in [-0.4, -0.2) is 25.4 Å². The summed E-state index contributed by atoms with van der Waals surface area (Å²) in [5.41, 5.74) is 1.35. The Kier molecular flexibility index (Phi) is 6.05. The summed E-state index contributed by atoms with van der Waals surface area (Å²) in [6, 6.07) is 9.38. The van der Waals surface area contributed by atoms with Crippen molar-refractivity contribution in [2.45, 2.75) is 37.8 Å². The molecule has 0 saturated carbocycles. The van der Waals surface area contributed by atoms with E-state index in [1.54, 1.807) is 19.3 Å². The van der Waals surface area contributed by atoms with Crippen LogP contribution in [0.25, 0.3) is 0 Å². The van der Waals surface area contributed by atoms with Crippen LogP contribution >= 0.6 is 0 Å². The molecule has 1 unspecified atom stereocenters. The van der Waals surface area contributed by atoms with E-state index >= 15 is 0 Å². The van der Waals surface area contributed by atoms with Gasteiger partial charge in [0.1, 0.15) is 0 Å². The van der Waals surface area contributed by atoms with Gasteiger partial charge in [-0.3, -0.25) is 9.78 Å². The van der Waals surface area contributed by atoms with E-state index in [0.717, 1.165) is 5.56 Å². The molecule has 2 aromatic rings. The lowest BCUT2D eigenvalue weighted by molar-refractivity contribution is 0.0951. The molecule has 2 rings (SSSR count). The van der Waals surface area contributed by atoms with Crippen LogP contribution in [0.1, 0.15) is 36.2 Å². The molecule has 1 amide bonds. The van der Waals surface area contributed by atoms with Crippen molar-refractivity contribution in [2.24, 2.45) is 0 Å². The van der Waals surface area contributed by atoms with Gasteiger partial charge in [-0.15, -0.1) is 0 Å². The number of aromatic nitrogens is 1. The van der Waals surface area contributed by atoms with Gasteiger partial charge in [0.15, 0.2) is 0 Å². The first-order valence-electron chi connectivity index (χ1n) is 7.72. The van der Waals surface area contributed by atoms with E-state index in [-0.39, 0.29) is 16.8 Å². The number of hydrogen-bond donors (Lipinski definition) is 2. The fourth-order valence-electron chi connectivity index (χ4n) is 1.99. The fraction of sp³-hybridized carbons (Fsp3) is 0.294. The number of amides is 1. The van der Waals surface area contributed by atoms with Crippen molar-refractivity contribution in [3.63, 3.8) is 0 Å². The summed E-state index contributed by atoms with van der Waals surface area (Å²) in [7, 11) is -3.56. The molecule has 0 radical (unpaired) electrons. The number of hydrogen-bond acceptors (Lipinski definition) is 4. The third kappa shape index (κ3) is 4.87. The van der Waals surface area contributed by atoms with Gasteiger partial charge in [0.25, 0.3) is 5.91 Å². The fourth-order valence-corrected chi connectivity index (χ4v) is 3.31. The zero-order valence-corrected chi connectivity index (χ0v) is 14.5. The highest BCUT2D eigenvalue weighted by Crippen LogP contribution is 2.12. The van der Waals surface area contributed by atoms with Gasteiger partial charge in [-0.05, 0) is 55.3 Å². The Balaban J connectivity index is 2.02. The molecule has 0 aliphatic carbocycles. The average molecular weight is 347 g/mol. The van der Waals surface area contributed by atoms with Gasteiger partial charge in [-0.2, -0.15) is 0 Å². The minimum absolute atomic E-state index is 0.140. The van der Waals surface area contributed by atoms with Crippen LogP contribution in [-0.2, 0) is 16.6 Å². The lowest BCUT2D eigenvalue weighted by Gasteiger charge is -2.12. The molecule has 1 aromatic heterocycles. The first-order chi connectivity index (χ1) is 11.4. The standard InChI is InChI=1S/C17H21N3O3S/c1-3-13(2)20-24(22,23)16-6-4-15(5-7-16)17(21)19-12-14-8-10-18-11-9-14/h4-11,13,20H,3,12H2,1-2H3,(H,19,21). The summed E-state index contributed by atoms with van der Waals surface area (Å²) < 4.78 is 26.9. The Morgan fingerprint density at radius 1 is 1.12 bits per heavy atom. The van der Waals surface area contributed by atoms with Crippen molar-refractivity contribution >= 4 is 15.9 Å². The molecule has 0 aliphatic heterocycles. The Hall–Kier alpha value is -2.25. The lowest BCUT2D eigenvalue weighted by atomic mass is 10.2. The number of benzene rings is 1. The molecule has 0 aliphatic rings.